The van der Waals surface area contributed by atoms with Crippen LogP contribution < -0.4 is 20.1 Å². The first kappa shape index (κ1) is 21.4. The summed E-state index contributed by atoms with van der Waals surface area (Å²) in [4.78, 5) is 14.8. The number of methoxy groups -OCH3 is 2. The van der Waals surface area contributed by atoms with E-state index in [9.17, 15) is 4.79 Å². The number of nitrogens with zero attached hydrogens (tertiary/aromatic N) is 1. The van der Waals surface area contributed by atoms with Crippen molar-refractivity contribution in [1.29, 1.82) is 0 Å². The second-order valence-electron chi connectivity index (χ2n) is 7.90. The van der Waals surface area contributed by atoms with Crippen molar-refractivity contribution in [3.8, 4) is 11.5 Å². The molecule has 1 aromatic carbocycles. The highest BCUT2D eigenvalue weighted by Gasteiger charge is 2.31. The van der Waals surface area contributed by atoms with Crippen molar-refractivity contribution in [3.05, 3.63) is 23.8 Å². The number of carbonyl (C=O) groups is 1. The van der Waals surface area contributed by atoms with Crippen LogP contribution in [0.3, 0.4) is 0 Å². The first-order valence-electron chi connectivity index (χ1n) is 9.87. The van der Waals surface area contributed by atoms with Gasteiger partial charge < -0.3 is 20.1 Å². The van der Waals surface area contributed by atoms with Crippen LogP contribution in [0.1, 0.15) is 45.6 Å². The highest BCUT2D eigenvalue weighted by molar-refractivity contribution is 5.73. The van der Waals surface area contributed by atoms with Gasteiger partial charge in [-0.1, -0.05) is 19.4 Å². The number of hydrogen-bond donors (Lipinski definition) is 2. The Kier molecular flexibility index (Phi) is 7.78. The van der Waals surface area contributed by atoms with Crippen LogP contribution in [0.4, 0.5) is 4.79 Å². The van der Waals surface area contributed by atoms with Gasteiger partial charge in [0.25, 0.3) is 0 Å². The molecule has 27 heavy (non-hydrogen) atoms. The molecule has 1 heterocycles. The molecule has 1 aliphatic rings. The topological polar surface area (TPSA) is 62.8 Å². The Bertz CT molecular complexity index is 619. The quantitative estimate of drug-likeness (QED) is 0.729. The first-order valence-corrected chi connectivity index (χ1v) is 9.87. The Balaban J connectivity index is 1.81. The summed E-state index contributed by atoms with van der Waals surface area (Å²) in [6.07, 6.45) is 3.79. The average molecular weight is 378 g/mol. The van der Waals surface area contributed by atoms with Crippen molar-refractivity contribution in [1.82, 2.24) is 15.5 Å². The zero-order valence-electron chi connectivity index (χ0n) is 17.4. The van der Waals surface area contributed by atoms with Gasteiger partial charge in [0.05, 0.1) is 14.2 Å². The lowest BCUT2D eigenvalue weighted by Gasteiger charge is -2.43. The fourth-order valence-corrected chi connectivity index (χ4v) is 3.59. The number of amides is 2. The molecule has 1 aromatic rings. The molecular formula is C21H35N3O3. The molecule has 0 saturated carbocycles. The highest BCUT2D eigenvalue weighted by Crippen LogP contribution is 2.27. The first-order chi connectivity index (χ1) is 12.9. The number of ether oxygens (including phenoxy) is 2. The van der Waals surface area contributed by atoms with E-state index in [1.807, 2.05) is 18.2 Å². The molecular weight excluding hydrogens is 342 g/mol. The summed E-state index contributed by atoms with van der Waals surface area (Å²) < 4.78 is 10.5. The predicted octanol–water partition coefficient (Wildman–Crippen LogP) is 3.40. The number of rotatable bonds is 8. The van der Waals surface area contributed by atoms with E-state index in [2.05, 4.69) is 36.3 Å². The number of urea groups is 1. The van der Waals surface area contributed by atoms with Crippen LogP contribution in [0.2, 0.25) is 0 Å². The normalized spacial score (nSPS) is 18.0. The van der Waals surface area contributed by atoms with Crippen molar-refractivity contribution in [2.45, 2.75) is 52.1 Å². The number of carbonyl (C=O) groups excluding carboxylic acids is 1. The minimum atomic E-state index is -0.151. The fourth-order valence-electron chi connectivity index (χ4n) is 3.59. The molecule has 6 heteroatoms. The monoisotopic (exact) mass is 377 g/mol. The molecule has 0 aromatic heterocycles. The lowest BCUT2D eigenvalue weighted by molar-refractivity contribution is 0.0665. The summed E-state index contributed by atoms with van der Waals surface area (Å²) in [5.41, 5.74) is 0.915. The number of hydrogen-bond acceptors (Lipinski definition) is 4. The van der Waals surface area contributed by atoms with Crippen LogP contribution in [0, 0.1) is 5.92 Å². The van der Waals surface area contributed by atoms with Crippen LogP contribution in [-0.2, 0) is 6.54 Å². The summed E-state index contributed by atoms with van der Waals surface area (Å²) in [5, 5.41) is 5.95. The van der Waals surface area contributed by atoms with E-state index >= 15 is 0 Å². The van der Waals surface area contributed by atoms with E-state index < -0.39 is 0 Å². The van der Waals surface area contributed by atoms with Crippen molar-refractivity contribution < 1.29 is 14.3 Å². The molecule has 1 atom stereocenters. The lowest BCUT2D eigenvalue weighted by Crippen LogP contribution is -2.55. The highest BCUT2D eigenvalue weighted by atomic mass is 16.5. The van der Waals surface area contributed by atoms with Crippen molar-refractivity contribution >= 4 is 6.03 Å². The third-order valence-corrected chi connectivity index (χ3v) is 5.53. The minimum absolute atomic E-state index is 0.0471. The van der Waals surface area contributed by atoms with Gasteiger partial charge in [0, 0.05) is 25.2 Å². The van der Waals surface area contributed by atoms with Crippen LogP contribution in [0.5, 0.6) is 11.5 Å². The fraction of sp³-hybridized carbons (Fsp3) is 0.667. The van der Waals surface area contributed by atoms with Crippen LogP contribution in [0.15, 0.2) is 18.2 Å². The molecule has 2 amide bonds. The molecule has 0 unspecified atom stereocenters. The van der Waals surface area contributed by atoms with Gasteiger partial charge >= 0.3 is 6.03 Å². The SMILES string of the molecule is CC[C@@H]1CCCN(C(C)(C)CNC(=O)NCc2ccc(OC)c(OC)c2)C1. The van der Waals surface area contributed by atoms with Crippen LogP contribution >= 0.6 is 0 Å². The van der Waals surface area contributed by atoms with Crippen molar-refractivity contribution in [3.63, 3.8) is 0 Å². The van der Waals surface area contributed by atoms with Gasteiger partial charge in [-0.3, -0.25) is 4.90 Å². The van der Waals surface area contributed by atoms with Gasteiger partial charge in [-0.05, 0) is 56.8 Å². The second kappa shape index (κ2) is 9.83. The smallest absolute Gasteiger partial charge is 0.315 e. The largest absolute Gasteiger partial charge is 0.493 e. The zero-order chi connectivity index (χ0) is 19.9. The molecule has 0 aliphatic carbocycles. The summed E-state index contributed by atoms with van der Waals surface area (Å²) in [5.74, 6) is 2.12. The van der Waals surface area contributed by atoms with E-state index in [0.29, 0.717) is 24.6 Å². The Morgan fingerprint density at radius 2 is 1.96 bits per heavy atom. The summed E-state index contributed by atoms with van der Waals surface area (Å²) in [7, 11) is 3.21. The Hall–Kier alpha value is -1.95. The Morgan fingerprint density at radius 1 is 1.22 bits per heavy atom. The van der Waals surface area contributed by atoms with Gasteiger partial charge in [-0.25, -0.2) is 4.79 Å². The third kappa shape index (κ3) is 6.03. The molecule has 0 radical (unpaired) electrons. The maximum atomic E-state index is 12.2. The van der Waals surface area contributed by atoms with Gasteiger partial charge in [0.2, 0.25) is 0 Å². The van der Waals surface area contributed by atoms with E-state index in [1.165, 1.54) is 19.3 Å². The number of benzene rings is 1. The second-order valence-corrected chi connectivity index (χ2v) is 7.90. The molecule has 0 spiro atoms. The van der Waals surface area contributed by atoms with E-state index in [1.54, 1.807) is 14.2 Å². The van der Waals surface area contributed by atoms with Crippen molar-refractivity contribution in [2.75, 3.05) is 33.9 Å². The number of piperidine rings is 1. The standard InChI is InChI=1S/C21H35N3O3/c1-6-16-8-7-11-24(14-16)21(2,3)15-23-20(25)22-13-17-9-10-18(26-4)19(12-17)27-5/h9-10,12,16H,6-8,11,13-15H2,1-5H3,(H2,22,23,25)/t16-/m1/s1. The maximum Gasteiger partial charge on any atom is 0.315 e. The maximum absolute atomic E-state index is 12.2. The average Bonchev–Trinajstić information content (AvgIpc) is 2.70. The number of nitrogens with one attached hydrogen (secondary N) is 2. The van der Waals surface area contributed by atoms with Gasteiger partial charge in [-0.15, -0.1) is 0 Å². The zero-order valence-corrected chi connectivity index (χ0v) is 17.4. The summed E-state index contributed by atoms with van der Waals surface area (Å²) in [6.45, 7) is 9.98. The minimum Gasteiger partial charge on any atom is -0.493 e. The van der Waals surface area contributed by atoms with E-state index in [0.717, 1.165) is 24.6 Å². The molecule has 0 bridgehead atoms. The summed E-state index contributed by atoms with van der Waals surface area (Å²) >= 11 is 0. The van der Waals surface area contributed by atoms with Gasteiger partial charge in [0.15, 0.2) is 11.5 Å². The van der Waals surface area contributed by atoms with Gasteiger partial charge in [0.1, 0.15) is 0 Å². The summed E-state index contributed by atoms with van der Waals surface area (Å²) in [6, 6.07) is 5.49. The molecule has 1 fully saturated rings. The molecule has 2 rings (SSSR count). The molecule has 1 saturated heterocycles. The van der Waals surface area contributed by atoms with Crippen molar-refractivity contribution in [2.24, 2.45) is 5.92 Å². The lowest BCUT2D eigenvalue weighted by atomic mass is 9.91. The molecule has 1 aliphatic heterocycles. The molecule has 2 N–H and O–H groups in total. The molecule has 6 nitrogen and oxygen atoms in total. The van der Waals surface area contributed by atoms with E-state index in [-0.39, 0.29) is 11.6 Å². The van der Waals surface area contributed by atoms with Crippen LogP contribution in [-0.4, -0.2) is 50.3 Å². The van der Waals surface area contributed by atoms with E-state index in [4.69, 9.17) is 9.47 Å². The number of likely N-dealkylation sites (tertiary alicyclic amines) is 1. The third-order valence-electron chi connectivity index (χ3n) is 5.53. The van der Waals surface area contributed by atoms with Gasteiger partial charge in [-0.2, -0.15) is 0 Å². The Labute approximate surface area is 163 Å². The molecule has 152 valence electrons. The van der Waals surface area contributed by atoms with Crippen LogP contribution in [0.25, 0.3) is 0 Å². The Morgan fingerprint density at radius 3 is 2.63 bits per heavy atom. The predicted molar refractivity (Wildman–Crippen MR) is 108 cm³/mol.